The Morgan fingerprint density at radius 3 is 2.56 bits per heavy atom. The molecule has 0 radical (unpaired) electrons. The molecular formula is C17H13ClN2O3S2. The second kappa shape index (κ2) is 7.35. The molecule has 128 valence electrons. The summed E-state index contributed by atoms with van der Waals surface area (Å²) in [5.74, 6) is -0.321. The largest absolute Gasteiger partial charge is 0.494 e. The van der Waals surface area contributed by atoms with E-state index in [-0.39, 0.29) is 10.7 Å². The van der Waals surface area contributed by atoms with E-state index < -0.39 is 11.8 Å². The molecule has 2 aromatic rings. The Labute approximate surface area is 158 Å². The summed E-state index contributed by atoms with van der Waals surface area (Å²) in [6, 6.07) is 10.4. The molecule has 0 saturated carbocycles. The van der Waals surface area contributed by atoms with Crippen LogP contribution in [0.25, 0.3) is 6.08 Å². The lowest BCUT2D eigenvalue weighted by Crippen LogP contribution is -2.54. The molecule has 0 unspecified atom stereocenters. The zero-order valence-electron chi connectivity index (χ0n) is 13.1. The second-order valence-electron chi connectivity index (χ2n) is 5.03. The maximum atomic E-state index is 12.8. The Hall–Kier alpha value is -2.22. The monoisotopic (exact) mass is 392 g/mol. The SMILES string of the molecule is CCOc1ccc(N2C(=O)C(=Cc3ccc(Cl)s3)C(=O)NC2=S)cc1. The van der Waals surface area contributed by atoms with E-state index in [1.807, 2.05) is 6.92 Å². The number of hydrogen-bond acceptors (Lipinski definition) is 5. The highest BCUT2D eigenvalue weighted by Gasteiger charge is 2.34. The number of anilines is 1. The van der Waals surface area contributed by atoms with Gasteiger partial charge in [-0.25, -0.2) is 0 Å². The predicted molar refractivity (Wildman–Crippen MR) is 103 cm³/mol. The molecule has 5 nitrogen and oxygen atoms in total. The summed E-state index contributed by atoms with van der Waals surface area (Å²) in [4.78, 5) is 27.0. The topological polar surface area (TPSA) is 58.6 Å². The molecular weight excluding hydrogens is 380 g/mol. The molecule has 1 aliphatic rings. The number of carbonyl (C=O) groups is 2. The van der Waals surface area contributed by atoms with Crippen LogP contribution in [0.4, 0.5) is 5.69 Å². The van der Waals surface area contributed by atoms with Crippen molar-refractivity contribution >= 4 is 63.8 Å². The van der Waals surface area contributed by atoms with Gasteiger partial charge in [0.25, 0.3) is 11.8 Å². The molecule has 1 aromatic carbocycles. The van der Waals surface area contributed by atoms with E-state index >= 15 is 0 Å². The highest BCUT2D eigenvalue weighted by Crippen LogP contribution is 2.27. The van der Waals surface area contributed by atoms with Crippen molar-refractivity contribution < 1.29 is 14.3 Å². The Balaban J connectivity index is 1.93. The van der Waals surface area contributed by atoms with Crippen LogP contribution >= 0.6 is 35.2 Å². The number of rotatable bonds is 4. The molecule has 0 bridgehead atoms. The van der Waals surface area contributed by atoms with E-state index in [9.17, 15) is 9.59 Å². The van der Waals surface area contributed by atoms with E-state index in [4.69, 9.17) is 28.6 Å². The average molecular weight is 393 g/mol. The molecule has 0 atom stereocenters. The third-order valence-corrected chi connectivity index (χ3v) is 4.85. The van der Waals surface area contributed by atoms with Crippen LogP contribution in [0, 0.1) is 0 Å². The maximum absolute atomic E-state index is 12.8. The number of ether oxygens (including phenoxy) is 1. The van der Waals surface area contributed by atoms with Crippen molar-refractivity contribution in [3.05, 3.63) is 51.2 Å². The van der Waals surface area contributed by atoms with Crippen molar-refractivity contribution in [2.75, 3.05) is 11.5 Å². The minimum Gasteiger partial charge on any atom is -0.494 e. The average Bonchev–Trinajstić information content (AvgIpc) is 2.98. The number of nitrogens with zero attached hydrogens (tertiary/aromatic N) is 1. The fourth-order valence-electron chi connectivity index (χ4n) is 2.30. The highest BCUT2D eigenvalue weighted by molar-refractivity contribution is 7.80. The van der Waals surface area contributed by atoms with Gasteiger partial charge in [-0.3, -0.25) is 19.8 Å². The molecule has 0 aliphatic carbocycles. The number of hydrogen-bond donors (Lipinski definition) is 1. The van der Waals surface area contributed by atoms with Crippen LogP contribution in [0.5, 0.6) is 5.75 Å². The van der Waals surface area contributed by atoms with Crippen LogP contribution in [-0.4, -0.2) is 23.5 Å². The first-order chi connectivity index (χ1) is 12.0. The van der Waals surface area contributed by atoms with Crippen LogP contribution in [0.15, 0.2) is 42.0 Å². The molecule has 8 heteroatoms. The summed E-state index contributed by atoms with van der Waals surface area (Å²) in [6.45, 7) is 2.44. The Bertz CT molecular complexity index is 874. The lowest BCUT2D eigenvalue weighted by Gasteiger charge is -2.28. The van der Waals surface area contributed by atoms with Crippen molar-refractivity contribution in [2.24, 2.45) is 0 Å². The number of thiophene rings is 1. The summed E-state index contributed by atoms with van der Waals surface area (Å²) in [5, 5.41) is 2.59. The Kier molecular flexibility index (Phi) is 5.17. The maximum Gasteiger partial charge on any atom is 0.270 e. The van der Waals surface area contributed by atoms with Gasteiger partial charge in [0.2, 0.25) is 0 Å². The standard InChI is InChI=1S/C17H13ClN2O3S2/c1-2-23-11-5-3-10(4-6-11)20-16(22)13(15(21)19-17(20)24)9-12-7-8-14(18)25-12/h3-9H,2H2,1H3,(H,19,21,24). The molecule has 3 rings (SSSR count). The molecule has 1 fully saturated rings. The summed E-state index contributed by atoms with van der Waals surface area (Å²) < 4.78 is 5.97. The van der Waals surface area contributed by atoms with Crippen molar-refractivity contribution in [3.63, 3.8) is 0 Å². The van der Waals surface area contributed by atoms with Crippen molar-refractivity contribution in [1.82, 2.24) is 5.32 Å². The Morgan fingerprint density at radius 2 is 1.96 bits per heavy atom. The fraction of sp³-hybridized carbons (Fsp3) is 0.118. The number of carbonyl (C=O) groups excluding carboxylic acids is 2. The molecule has 1 aliphatic heterocycles. The zero-order chi connectivity index (χ0) is 18.0. The fourth-order valence-corrected chi connectivity index (χ4v) is 3.58. The van der Waals surface area contributed by atoms with Gasteiger partial charge in [-0.15, -0.1) is 11.3 Å². The molecule has 2 heterocycles. The van der Waals surface area contributed by atoms with Crippen LogP contribution in [-0.2, 0) is 9.59 Å². The Morgan fingerprint density at radius 1 is 1.24 bits per heavy atom. The first-order valence-electron chi connectivity index (χ1n) is 7.39. The first-order valence-corrected chi connectivity index (χ1v) is 8.99. The molecule has 25 heavy (non-hydrogen) atoms. The number of nitrogens with one attached hydrogen (secondary N) is 1. The first kappa shape index (κ1) is 17.6. The summed E-state index contributed by atoms with van der Waals surface area (Å²) in [7, 11) is 0. The predicted octanol–water partition coefficient (Wildman–Crippen LogP) is 3.63. The van der Waals surface area contributed by atoms with Gasteiger partial charge in [-0.1, -0.05) is 11.6 Å². The summed E-state index contributed by atoms with van der Waals surface area (Å²) >= 11 is 12.3. The third-order valence-electron chi connectivity index (χ3n) is 3.39. The van der Waals surface area contributed by atoms with E-state index in [2.05, 4.69) is 5.32 Å². The van der Waals surface area contributed by atoms with Crippen LogP contribution in [0.1, 0.15) is 11.8 Å². The van der Waals surface area contributed by atoms with Crippen molar-refractivity contribution in [1.29, 1.82) is 0 Å². The summed E-state index contributed by atoms with van der Waals surface area (Å²) in [6.07, 6.45) is 1.51. The molecule has 1 saturated heterocycles. The van der Waals surface area contributed by atoms with Crippen LogP contribution < -0.4 is 15.0 Å². The minimum absolute atomic E-state index is 0.000927. The molecule has 1 N–H and O–H groups in total. The van der Waals surface area contributed by atoms with Gasteiger partial charge >= 0.3 is 0 Å². The van der Waals surface area contributed by atoms with Gasteiger partial charge in [0.15, 0.2) is 5.11 Å². The lowest BCUT2D eigenvalue weighted by atomic mass is 10.1. The molecule has 0 spiro atoms. The van der Waals surface area contributed by atoms with Gasteiger partial charge in [0.05, 0.1) is 16.6 Å². The lowest BCUT2D eigenvalue weighted by molar-refractivity contribution is -0.122. The number of benzene rings is 1. The van der Waals surface area contributed by atoms with E-state index in [1.54, 1.807) is 36.4 Å². The van der Waals surface area contributed by atoms with Crippen molar-refractivity contribution in [2.45, 2.75) is 6.92 Å². The van der Waals surface area contributed by atoms with Gasteiger partial charge in [-0.2, -0.15) is 0 Å². The number of thiocarbonyl (C=S) groups is 1. The summed E-state index contributed by atoms with van der Waals surface area (Å²) in [5.41, 5.74) is 0.551. The van der Waals surface area contributed by atoms with E-state index in [1.165, 1.54) is 22.3 Å². The van der Waals surface area contributed by atoms with Gasteiger partial charge in [0.1, 0.15) is 11.3 Å². The van der Waals surface area contributed by atoms with Crippen LogP contribution in [0.2, 0.25) is 4.34 Å². The van der Waals surface area contributed by atoms with E-state index in [0.717, 1.165) is 0 Å². The van der Waals surface area contributed by atoms with Crippen molar-refractivity contribution in [3.8, 4) is 5.75 Å². The van der Waals surface area contributed by atoms with Gasteiger partial charge in [-0.05, 0) is 61.6 Å². The molecule has 2 amide bonds. The third kappa shape index (κ3) is 3.73. The minimum atomic E-state index is -0.526. The van der Waals surface area contributed by atoms with Crippen LogP contribution in [0.3, 0.4) is 0 Å². The number of halogens is 1. The highest BCUT2D eigenvalue weighted by atomic mass is 35.5. The quantitative estimate of drug-likeness (QED) is 0.490. The molecule has 1 aromatic heterocycles. The smallest absolute Gasteiger partial charge is 0.270 e. The van der Waals surface area contributed by atoms with E-state index in [0.29, 0.717) is 27.3 Å². The normalized spacial score (nSPS) is 16.3. The van der Waals surface area contributed by atoms with Gasteiger partial charge < -0.3 is 4.74 Å². The zero-order valence-corrected chi connectivity index (χ0v) is 15.5. The van der Waals surface area contributed by atoms with Gasteiger partial charge in [0, 0.05) is 4.88 Å². The second-order valence-corrected chi connectivity index (χ2v) is 7.16. The number of amides is 2.